The number of carbonyl (C=O) groups is 1. The molecule has 2 aliphatic rings. The Morgan fingerprint density at radius 1 is 1.44 bits per heavy atom. The highest BCUT2D eigenvalue weighted by Gasteiger charge is 2.39. The van der Waals surface area contributed by atoms with Gasteiger partial charge in [0, 0.05) is 12.6 Å². The summed E-state index contributed by atoms with van der Waals surface area (Å²) in [4.78, 5) is 12.2. The molecule has 4 heteroatoms. The van der Waals surface area contributed by atoms with Crippen LogP contribution in [0.5, 0.6) is 0 Å². The van der Waals surface area contributed by atoms with E-state index in [1.807, 2.05) is 0 Å². The summed E-state index contributed by atoms with van der Waals surface area (Å²) in [6.07, 6.45) is 5.40. The van der Waals surface area contributed by atoms with Gasteiger partial charge in [0.05, 0.1) is 5.54 Å². The van der Waals surface area contributed by atoms with E-state index in [4.69, 9.17) is 0 Å². The Balaban J connectivity index is 1.81. The minimum absolute atomic E-state index is 0.196. The molecule has 2 fully saturated rings. The number of nitrogens with one attached hydrogen (secondary N) is 3. The molecule has 0 aromatic carbocycles. The fraction of sp³-hybridized carbons (Fsp3) is 0.917. The summed E-state index contributed by atoms with van der Waals surface area (Å²) < 4.78 is 0. The van der Waals surface area contributed by atoms with Gasteiger partial charge in [-0.1, -0.05) is 6.92 Å². The molecule has 2 unspecified atom stereocenters. The van der Waals surface area contributed by atoms with Gasteiger partial charge >= 0.3 is 0 Å². The maximum atomic E-state index is 12.2. The van der Waals surface area contributed by atoms with E-state index in [0.717, 1.165) is 38.9 Å². The largest absolute Gasteiger partial charge is 0.353 e. The van der Waals surface area contributed by atoms with Crippen LogP contribution in [0.15, 0.2) is 0 Å². The molecule has 0 spiro atoms. The van der Waals surface area contributed by atoms with Crippen molar-refractivity contribution in [3.63, 3.8) is 0 Å². The van der Waals surface area contributed by atoms with Gasteiger partial charge in [0.1, 0.15) is 0 Å². The number of rotatable bonds is 4. The van der Waals surface area contributed by atoms with Gasteiger partial charge in [-0.15, -0.1) is 0 Å². The highest BCUT2D eigenvalue weighted by Crippen LogP contribution is 2.23. The fourth-order valence-electron chi connectivity index (χ4n) is 2.78. The molecule has 2 atom stereocenters. The SMILES string of the molecule is CCC1(C(=O)NCC2CCCN2)CCCN1. The minimum atomic E-state index is -0.279. The molecular weight excluding hydrogens is 202 g/mol. The van der Waals surface area contributed by atoms with Crippen LogP contribution in [-0.2, 0) is 4.79 Å². The highest BCUT2D eigenvalue weighted by atomic mass is 16.2. The van der Waals surface area contributed by atoms with Gasteiger partial charge < -0.3 is 16.0 Å². The Morgan fingerprint density at radius 3 is 2.88 bits per heavy atom. The molecular formula is C12H23N3O. The quantitative estimate of drug-likeness (QED) is 0.648. The van der Waals surface area contributed by atoms with E-state index in [2.05, 4.69) is 22.9 Å². The first-order valence-corrected chi connectivity index (χ1v) is 6.53. The van der Waals surface area contributed by atoms with E-state index in [1.165, 1.54) is 12.8 Å². The van der Waals surface area contributed by atoms with Crippen LogP contribution in [0.2, 0.25) is 0 Å². The van der Waals surface area contributed by atoms with Crippen molar-refractivity contribution in [3.8, 4) is 0 Å². The number of hydrogen-bond acceptors (Lipinski definition) is 3. The summed E-state index contributed by atoms with van der Waals surface area (Å²) in [5.41, 5.74) is -0.279. The van der Waals surface area contributed by atoms with Gasteiger partial charge in [-0.05, 0) is 45.2 Å². The third-order valence-electron chi connectivity index (χ3n) is 3.95. The fourth-order valence-corrected chi connectivity index (χ4v) is 2.78. The molecule has 92 valence electrons. The first-order chi connectivity index (χ1) is 7.77. The second kappa shape index (κ2) is 5.15. The molecule has 0 bridgehead atoms. The second-order valence-corrected chi connectivity index (χ2v) is 4.97. The van der Waals surface area contributed by atoms with E-state index in [9.17, 15) is 4.79 Å². The Kier molecular flexibility index (Phi) is 3.82. The lowest BCUT2D eigenvalue weighted by atomic mass is 9.93. The lowest BCUT2D eigenvalue weighted by Crippen LogP contribution is -2.54. The zero-order valence-electron chi connectivity index (χ0n) is 10.1. The Hall–Kier alpha value is -0.610. The van der Waals surface area contributed by atoms with Crippen LogP contribution in [0, 0.1) is 0 Å². The molecule has 2 aliphatic heterocycles. The first kappa shape index (κ1) is 11.9. The van der Waals surface area contributed by atoms with Crippen molar-refractivity contribution in [2.75, 3.05) is 19.6 Å². The third-order valence-corrected chi connectivity index (χ3v) is 3.95. The van der Waals surface area contributed by atoms with Gasteiger partial charge in [-0.2, -0.15) is 0 Å². The van der Waals surface area contributed by atoms with Crippen molar-refractivity contribution >= 4 is 5.91 Å². The molecule has 0 saturated carbocycles. The minimum Gasteiger partial charge on any atom is -0.353 e. The zero-order chi connectivity index (χ0) is 11.4. The van der Waals surface area contributed by atoms with E-state index < -0.39 is 0 Å². The predicted molar refractivity (Wildman–Crippen MR) is 64.3 cm³/mol. The summed E-state index contributed by atoms with van der Waals surface area (Å²) in [6.45, 7) is 4.94. The molecule has 2 rings (SSSR count). The predicted octanol–water partition coefficient (Wildman–Crippen LogP) is 0.387. The lowest BCUT2D eigenvalue weighted by Gasteiger charge is -2.27. The van der Waals surface area contributed by atoms with E-state index in [-0.39, 0.29) is 11.4 Å². The van der Waals surface area contributed by atoms with Crippen LogP contribution in [0.25, 0.3) is 0 Å². The van der Waals surface area contributed by atoms with Crippen LogP contribution < -0.4 is 16.0 Å². The smallest absolute Gasteiger partial charge is 0.240 e. The van der Waals surface area contributed by atoms with Crippen molar-refractivity contribution in [2.45, 2.75) is 50.6 Å². The molecule has 0 aromatic heterocycles. The van der Waals surface area contributed by atoms with Crippen molar-refractivity contribution < 1.29 is 4.79 Å². The maximum Gasteiger partial charge on any atom is 0.240 e. The monoisotopic (exact) mass is 225 g/mol. The van der Waals surface area contributed by atoms with Gasteiger partial charge in [0.15, 0.2) is 0 Å². The van der Waals surface area contributed by atoms with Crippen LogP contribution in [0.3, 0.4) is 0 Å². The summed E-state index contributed by atoms with van der Waals surface area (Å²) in [7, 11) is 0. The standard InChI is InChI=1S/C12H23N3O/c1-2-12(6-4-8-15-12)11(16)14-9-10-5-3-7-13-10/h10,13,15H,2-9H2,1H3,(H,14,16). The van der Waals surface area contributed by atoms with Crippen molar-refractivity contribution in [2.24, 2.45) is 0 Å². The lowest BCUT2D eigenvalue weighted by molar-refractivity contribution is -0.127. The normalized spacial score (nSPS) is 34.2. The molecule has 2 heterocycles. The van der Waals surface area contributed by atoms with Gasteiger partial charge in [0.25, 0.3) is 0 Å². The van der Waals surface area contributed by atoms with Gasteiger partial charge in [-0.3, -0.25) is 4.79 Å². The average Bonchev–Trinajstić information content (AvgIpc) is 2.97. The topological polar surface area (TPSA) is 53.2 Å². The Morgan fingerprint density at radius 2 is 2.31 bits per heavy atom. The van der Waals surface area contributed by atoms with Crippen LogP contribution >= 0.6 is 0 Å². The third kappa shape index (κ3) is 2.38. The molecule has 3 N–H and O–H groups in total. The molecule has 0 aliphatic carbocycles. The Bertz CT molecular complexity index is 243. The molecule has 2 saturated heterocycles. The van der Waals surface area contributed by atoms with Crippen molar-refractivity contribution in [1.82, 2.24) is 16.0 Å². The first-order valence-electron chi connectivity index (χ1n) is 6.53. The number of hydrogen-bond donors (Lipinski definition) is 3. The van der Waals surface area contributed by atoms with E-state index in [0.29, 0.717) is 6.04 Å². The maximum absolute atomic E-state index is 12.2. The molecule has 1 amide bonds. The number of amides is 1. The van der Waals surface area contributed by atoms with Gasteiger partial charge in [0.2, 0.25) is 5.91 Å². The second-order valence-electron chi connectivity index (χ2n) is 4.97. The van der Waals surface area contributed by atoms with Crippen molar-refractivity contribution in [3.05, 3.63) is 0 Å². The number of carbonyl (C=O) groups excluding carboxylic acids is 1. The molecule has 4 nitrogen and oxygen atoms in total. The van der Waals surface area contributed by atoms with E-state index >= 15 is 0 Å². The average molecular weight is 225 g/mol. The molecule has 0 aromatic rings. The Labute approximate surface area is 97.6 Å². The van der Waals surface area contributed by atoms with E-state index in [1.54, 1.807) is 0 Å². The van der Waals surface area contributed by atoms with Crippen LogP contribution in [0.1, 0.15) is 39.0 Å². The summed E-state index contributed by atoms with van der Waals surface area (Å²) in [5.74, 6) is 0.196. The van der Waals surface area contributed by atoms with Crippen molar-refractivity contribution in [1.29, 1.82) is 0 Å². The molecule has 0 radical (unpaired) electrons. The zero-order valence-corrected chi connectivity index (χ0v) is 10.1. The summed E-state index contributed by atoms with van der Waals surface area (Å²) >= 11 is 0. The van der Waals surface area contributed by atoms with Crippen LogP contribution in [0.4, 0.5) is 0 Å². The molecule has 16 heavy (non-hydrogen) atoms. The van der Waals surface area contributed by atoms with Crippen LogP contribution in [-0.4, -0.2) is 37.1 Å². The highest BCUT2D eigenvalue weighted by molar-refractivity contribution is 5.86. The summed E-state index contributed by atoms with van der Waals surface area (Å²) in [5, 5.41) is 9.85. The van der Waals surface area contributed by atoms with Gasteiger partial charge in [-0.25, -0.2) is 0 Å². The summed E-state index contributed by atoms with van der Waals surface area (Å²) in [6, 6.07) is 0.485.